The first-order chi connectivity index (χ1) is 14.1. The molecule has 0 spiro atoms. The Morgan fingerprint density at radius 1 is 1.31 bits per heavy atom. The normalized spacial score (nSPS) is 13.0. The largest absolute Gasteiger partial charge is 0.378 e. The average molecular weight is 407 g/mol. The van der Waals surface area contributed by atoms with Gasteiger partial charge in [-0.15, -0.1) is 11.3 Å². The molecule has 1 aromatic carbocycles. The van der Waals surface area contributed by atoms with Crippen LogP contribution >= 0.6 is 11.3 Å². The van der Waals surface area contributed by atoms with Gasteiger partial charge in [0.2, 0.25) is 5.91 Å². The quantitative estimate of drug-likeness (QED) is 0.675. The standard InChI is InChI=1S/C21H21N5O2S/c1-13(27)24-15-6-4-5-14(11-15)23-12-18-25-20-19(21(28)26(18)10-9-22)16-7-2-3-8-17(16)29-20/h4-6,11,23H,2-3,7-8,10,12H2,1H3,(H,24,27). The average Bonchev–Trinajstić information content (AvgIpc) is 3.07. The number of hydrogen-bond acceptors (Lipinski definition) is 6. The highest BCUT2D eigenvalue weighted by molar-refractivity contribution is 7.18. The molecular formula is C21H21N5O2S. The third-order valence-corrected chi connectivity index (χ3v) is 6.20. The van der Waals surface area contributed by atoms with Crippen LogP contribution in [0.25, 0.3) is 10.2 Å². The number of aromatic nitrogens is 2. The molecule has 148 valence electrons. The third-order valence-electron chi connectivity index (χ3n) is 5.02. The van der Waals surface area contributed by atoms with Crippen molar-refractivity contribution < 1.29 is 4.79 Å². The number of carbonyl (C=O) groups is 1. The first-order valence-corrected chi connectivity index (χ1v) is 10.4. The van der Waals surface area contributed by atoms with Crippen LogP contribution in [0.15, 0.2) is 29.1 Å². The van der Waals surface area contributed by atoms with Crippen molar-refractivity contribution in [3.63, 3.8) is 0 Å². The van der Waals surface area contributed by atoms with Gasteiger partial charge in [-0.2, -0.15) is 5.26 Å². The molecule has 0 saturated heterocycles. The lowest BCUT2D eigenvalue weighted by Crippen LogP contribution is -2.26. The molecule has 0 radical (unpaired) electrons. The highest BCUT2D eigenvalue weighted by Crippen LogP contribution is 2.33. The SMILES string of the molecule is CC(=O)Nc1cccc(NCc2nc3sc4c(c3c(=O)n2CC#N)CCCC4)c1. The molecule has 3 aromatic rings. The van der Waals surface area contributed by atoms with E-state index in [0.29, 0.717) is 23.4 Å². The van der Waals surface area contributed by atoms with Crippen molar-refractivity contribution in [3.05, 3.63) is 50.9 Å². The molecule has 2 aromatic heterocycles. The van der Waals surface area contributed by atoms with E-state index in [1.54, 1.807) is 17.4 Å². The van der Waals surface area contributed by atoms with E-state index in [4.69, 9.17) is 4.98 Å². The Hall–Kier alpha value is -3.18. The molecule has 1 aliphatic rings. The maximum absolute atomic E-state index is 13.2. The van der Waals surface area contributed by atoms with Crippen LogP contribution in [0.3, 0.4) is 0 Å². The van der Waals surface area contributed by atoms with Gasteiger partial charge in [0.25, 0.3) is 5.56 Å². The zero-order chi connectivity index (χ0) is 20.4. The predicted molar refractivity (Wildman–Crippen MR) is 114 cm³/mol. The maximum Gasteiger partial charge on any atom is 0.263 e. The van der Waals surface area contributed by atoms with Crippen molar-refractivity contribution in [2.75, 3.05) is 10.6 Å². The third kappa shape index (κ3) is 3.87. The number of benzene rings is 1. The number of carbonyl (C=O) groups excluding carboxylic acids is 1. The highest BCUT2D eigenvalue weighted by atomic mass is 32.1. The summed E-state index contributed by atoms with van der Waals surface area (Å²) in [5, 5.41) is 15.9. The molecule has 0 saturated carbocycles. The Labute approximate surface area is 172 Å². The summed E-state index contributed by atoms with van der Waals surface area (Å²) in [6.45, 7) is 1.73. The summed E-state index contributed by atoms with van der Waals surface area (Å²) in [7, 11) is 0. The molecule has 7 nitrogen and oxygen atoms in total. The van der Waals surface area contributed by atoms with E-state index in [2.05, 4.69) is 16.7 Å². The first-order valence-electron chi connectivity index (χ1n) is 9.59. The number of hydrogen-bond donors (Lipinski definition) is 2. The summed E-state index contributed by atoms with van der Waals surface area (Å²) < 4.78 is 1.47. The van der Waals surface area contributed by atoms with Gasteiger partial charge in [-0.3, -0.25) is 14.2 Å². The molecule has 0 aliphatic heterocycles. The predicted octanol–water partition coefficient (Wildman–Crippen LogP) is 3.43. The van der Waals surface area contributed by atoms with E-state index < -0.39 is 0 Å². The van der Waals surface area contributed by atoms with Gasteiger partial charge in [-0.05, 0) is 49.4 Å². The number of amides is 1. The summed E-state index contributed by atoms with van der Waals surface area (Å²) in [6.07, 6.45) is 4.14. The molecule has 1 aliphatic carbocycles. The Kier molecular flexibility index (Phi) is 5.32. The van der Waals surface area contributed by atoms with Crippen molar-refractivity contribution in [2.24, 2.45) is 0 Å². The maximum atomic E-state index is 13.2. The van der Waals surface area contributed by atoms with Crippen LogP contribution < -0.4 is 16.2 Å². The molecule has 8 heteroatoms. The fraction of sp³-hybridized carbons (Fsp3) is 0.333. The minimum atomic E-state index is -0.140. The summed E-state index contributed by atoms with van der Waals surface area (Å²) in [4.78, 5) is 31.2. The molecule has 0 atom stereocenters. The van der Waals surface area contributed by atoms with Crippen LogP contribution in [0.4, 0.5) is 11.4 Å². The molecule has 0 unspecified atom stereocenters. The van der Waals surface area contributed by atoms with E-state index in [1.807, 2.05) is 18.2 Å². The molecule has 0 fully saturated rings. The van der Waals surface area contributed by atoms with Crippen molar-refractivity contribution in [2.45, 2.75) is 45.7 Å². The summed E-state index contributed by atoms with van der Waals surface area (Å²) in [5.74, 6) is 0.395. The number of nitriles is 1. The second-order valence-electron chi connectivity index (χ2n) is 7.08. The van der Waals surface area contributed by atoms with Crippen molar-refractivity contribution >= 4 is 38.8 Å². The Morgan fingerprint density at radius 2 is 2.10 bits per heavy atom. The van der Waals surface area contributed by atoms with Gasteiger partial charge in [0, 0.05) is 23.2 Å². The highest BCUT2D eigenvalue weighted by Gasteiger charge is 2.21. The molecular weight excluding hydrogens is 386 g/mol. The van der Waals surface area contributed by atoms with Crippen LogP contribution in [0, 0.1) is 11.3 Å². The lowest BCUT2D eigenvalue weighted by molar-refractivity contribution is -0.114. The molecule has 1 amide bonds. The number of nitrogens with one attached hydrogen (secondary N) is 2. The second-order valence-corrected chi connectivity index (χ2v) is 8.17. The second kappa shape index (κ2) is 8.05. The Bertz CT molecular complexity index is 1190. The number of nitrogens with zero attached hydrogens (tertiary/aromatic N) is 3. The van der Waals surface area contributed by atoms with Crippen LogP contribution in [0.5, 0.6) is 0 Å². The monoisotopic (exact) mass is 407 g/mol. The Morgan fingerprint density at radius 3 is 2.90 bits per heavy atom. The topological polar surface area (TPSA) is 99.8 Å². The fourth-order valence-corrected chi connectivity index (χ4v) is 5.01. The molecule has 4 rings (SSSR count). The lowest BCUT2D eigenvalue weighted by atomic mass is 9.97. The summed E-state index contributed by atoms with van der Waals surface area (Å²) in [6, 6.07) is 9.41. The number of fused-ring (bicyclic) bond motifs is 3. The first kappa shape index (κ1) is 19.2. The van der Waals surface area contributed by atoms with E-state index in [1.165, 1.54) is 16.4 Å². The number of anilines is 2. The minimum Gasteiger partial charge on any atom is -0.378 e. The molecule has 2 heterocycles. The number of aryl methyl sites for hydroxylation is 2. The van der Waals surface area contributed by atoms with Gasteiger partial charge in [-0.25, -0.2) is 4.98 Å². The molecule has 0 bridgehead atoms. The minimum absolute atomic E-state index is 0.0324. The van der Waals surface area contributed by atoms with Crippen molar-refractivity contribution in [1.82, 2.24) is 9.55 Å². The van der Waals surface area contributed by atoms with Gasteiger partial charge < -0.3 is 10.6 Å². The van der Waals surface area contributed by atoms with Gasteiger partial charge in [0.05, 0.1) is 18.0 Å². The van der Waals surface area contributed by atoms with Crippen LogP contribution in [-0.4, -0.2) is 15.5 Å². The van der Waals surface area contributed by atoms with E-state index >= 15 is 0 Å². The van der Waals surface area contributed by atoms with Crippen LogP contribution in [0.1, 0.15) is 36.0 Å². The van der Waals surface area contributed by atoms with Crippen molar-refractivity contribution in [3.8, 4) is 6.07 Å². The van der Waals surface area contributed by atoms with Crippen LogP contribution in [0.2, 0.25) is 0 Å². The zero-order valence-corrected chi connectivity index (χ0v) is 16.9. The van der Waals surface area contributed by atoms with E-state index in [-0.39, 0.29) is 18.0 Å². The van der Waals surface area contributed by atoms with Gasteiger partial charge >= 0.3 is 0 Å². The van der Waals surface area contributed by atoms with Crippen molar-refractivity contribution in [1.29, 1.82) is 5.26 Å². The van der Waals surface area contributed by atoms with Crippen LogP contribution in [-0.2, 0) is 30.7 Å². The molecule has 2 N–H and O–H groups in total. The zero-order valence-electron chi connectivity index (χ0n) is 16.1. The Balaban J connectivity index is 1.68. The smallest absolute Gasteiger partial charge is 0.263 e. The lowest BCUT2D eigenvalue weighted by Gasteiger charge is -2.13. The van der Waals surface area contributed by atoms with Gasteiger partial charge in [-0.1, -0.05) is 6.07 Å². The van der Waals surface area contributed by atoms with E-state index in [0.717, 1.165) is 41.8 Å². The van der Waals surface area contributed by atoms with E-state index in [9.17, 15) is 14.9 Å². The molecule has 29 heavy (non-hydrogen) atoms. The van der Waals surface area contributed by atoms with Gasteiger partial charge in [0.15, 0.2) is 0 Å². The summed E-state index contributed by atoms with van der Waals surface area (Å²) in [5.41, 5.74) is 2.48. The summed E-state index contributed by atoms with van der Waals surface area (Å²) >= 11 is 1.60. The number of thiophene rings is 1. The fourth-order valence-electron chi connectivity index (χ4n) is 3.74. The number of rotatable bonds is 5. The van der Waals surface area contributed by atoms with Gasteiger partial charge in [0.1, 0.15) is 17.2 Å².